The summed E-state index contributed by atoms with van der Waals surface area (Å²) in [5.41, 5.74) is 1.27. The average Bonchev–Trinajstić information content (AvgIpc) is 2.67. The molecule has 0 aromatic heterocycles. The van der Waals surface area contributed by atoms with Crippen molar-refractivity contribution in [1.29, 1.82) is 0 Å². The van der Waals surface area contributed by atoms with Gasteiger partial charge in [-0.15, -0.1) is 0 Å². The average molecular weight is 378 g/mol. The Hall–Kier alpha value is -2.38. The van der Waals surface area contributed by atoms with Gasteiger partial charge in [-0.1, -0.05) is 11.6 Å². The zero-order valence-electron chi connectivity index (χ0n) is 15.3. The van der Waals surface area contributed by atoms with Crippen molar-refractivity contribution in [2.45, 2.75) is 0 Å². The number of methoxy groups -OCH3 is 1. The van der Waals surface area contributed by atoms with Gasteiger partial charge in [0.1, 0.15) is 10.8 Å². The minimum Gasteiger partial charge on any atom is -0.495 e. The number of rotatable bonds is 5. The van der Waals surface area contributed by atoms with Crippen LogP contribution in [0.2, 0.25) is 0 Å². The topological polar surface area (TPSA) is 69.5 Å². The van der Waals surface area contributed by atoms with E-state index in [-0.39, 0.29) is 5.91 Å². The van der Waals surface area contributed by atoms with Gasteiger partial charge in [0, 0.05) is 45.0 Å². The van der Waals surface area contributed by atoms with Crippen LogP contribution in [0.15, 0.2) is 39.4 Å². The predicted molar refractivity (Wildman–Crippen MR) is 107 cm³/mol. The SMILES string of the molecule is C=NC(=NC)/C(Cl)=C\Nc1ccc(C(=O)N2CCN(C)CC2)cc1OC. The minimum absolute atomic E-state index is 0.00721. The number of ether oxygens (including phenoxy) is 1. The van der Waals surface area contributed by atoms with Gasteiger partial charge in [0.2, 0.25) is 0 Å². The van der Waals surface area contributed by atoms with E-state index in [1.165, 1.54) is 0 Å². The molecule has 140 valence electrons. The number of hydrogen-bond donors (Lipinski definition) is 1. The molecule has 7 nitrogen and oxygen atoms in total. The first kappa shape index (κ1) is 19.9. The van der Waals surface area contributed by atoms with Crippen molar-refractivity contribution in [2.24, 2.45) is 9.98 Å². The standard InChI is InChI=1S/C18H24ClN5O2/c1-20-17(21-2)14(19)12-22-15-6-5-13(11-16(15)26-4)18(25)24-9-7-23(3)8-10-24/h5-6,11-12,22H,1,7-10H2,2-4H3/b14-12+,21-17?. The lowest BCUT2D eigenvalue weighted by molar-refractivity contribution is 0.0664. The fourth-order valence-corrected chi connectivity index (χ4v) is 2.79. The van der Waals surface area contributed by atoms with E-state index in [9.17, 15) is 4.79 Å². The maximum atomic E-state index is 12.7. The molecule has 0 unspecified atom stereocenters. The number of amides is 1. The van der Waals surface area contributed by atoms with Crippen molar-refractivity contribution >= 4 is 35.7 Å². The lowest BCUT2D eigenvalue weighted by atomic mass is 10.1. The Morgan fingerprint density at radius 1 is 1.35 bits per heavy atom. The quantitative estimate of drug-likeness (QED) is 0.631. The van der Waals surface area contributed by atoms with Crippen LogP contribution in [0.5, 0.6) is 5.75 Å². The first-order valence-corrected chi connectivity index (χ1v) is 8.60. The number of halogens is 1. The molecule has 8 heteroatoms. The highest BCUT2D eigenvalue weighted by atomic mass is 35.5. The second-order valence-corrected chi connectivity index (χ2v) is 6.26. The van der Waals surface area contributed by atoms with Gasteiger partial charge in [0.25, 0.3) is 5.91 Å². The fourth-order valence-electron chi connectivity index (χ4n) is 2.59. The third-order valence-electron chi connectivity index (χ3n) is 4.17. The zero-order chi connectivity index (χ0) is 19.1. The summed E-state index contributed by atoms with van der Waals surface area (Å²) in [5.74, 6) is 0.889. The smallest absolute Gasteiger partial charge is 0.254 e. The monoisotopic (exact) mass is 377 g/mol. The molecular weight excluding hydrogens is 354 g/mol. The van der Waals surface area contributed by atoms with Gasteiger partial charge in [-0.3, -0.25) is 9.79 Å². The van der Waals surface area contributed by atoms with Crippen molar-refractivity contribution in [3.63, 3.8) is 0 Å². The number of nitrogens with zero attached hydrogens (tertiary/aromatic N) is 4. The van der Waals surface area contributed by atoms with Crippen molar-refractivity contribution < 1.29 is 9.53 Å². The van der Waals surface area contributed by atoms with Crippen LogP contribution in [0.3, 0.4) is 0 Å². The summed E-state index contributed by atoms with van der Waals surface area (Å²) >= 11 is 6.12. The highest BCUT2D eigenvalue weighted by Gasteiger charge is 2.21. The molecule has 1 fully saturated rings. The van der Waals surface area contributed by atoms with Gasteiger partial charge in [-0.05, 0) is 32.0 Å². The van der Waals surface area contributed by atoms with E-state index in [4.69, 9.17) is 16.3 Å². The molecule has 26 heavy (non-hydrogen) atoms. The number of benzene rings is 1. The first-order valence-electron chi connectivity index (χ1n) is 8.22. The minimum atomic E-state index is 0.00721. The maximum Gasteiger partial charge on any atom is 0.254 e. The predicted octanol–water partition coefficient (Wildman–Crippen LogP) is 2.30. The third-order valence-corrected chi connectivity index (χ3v) is 4.45. The van der Waals surface area contributed by atoms with Crippen LogP contribution in [0.1, 0.15) is 10.4 Å². The Bertz CT molecular complexity index is 724. The molecule has 0 spiro atoms. The lowest BCUT2D eigenvalue weighted by Gasteiger charge is -2.32. The van der Waals surface area contributed by atoms with E-state index in [0.717, 1.165) is 26.2 Å². The molecule has 1 aliphatic heterocycles. The molecule has 0 saturated carbocycles. The molecular formula is C18H24ClN5O2. The highest BCUT2D eigenvalue weighted by Crippen LogP contribution is 2.27. The van der Waals surface area contributed by atoms with Gasteiger partial charge in [0.15, 0.2) is 5.84 Å². The summed E-state index contributed by atoms with van der Waals surface area (Å²) in [4.78, 5) is 24.4. The molecule has 1 aromatic carbocycles. The first-order chi connectivity index (χ1) is 12.5. The Balaban J connectivity index is 2.15. The van der Waals surface area contributed by atoms with Gasteiger partial charge < -0.3 is 19.9 Å². The molecule has 2 rings (SSSR count). The van der Waals surface area contributed by atoms with E-state index in [2.05, 4.69) is 34.0 Å². The molecule has 1 N–H and O–H groups in total. The Kier molecular flexibility index (Phi) is 7.17. The summed E-state index contributed by atoms with van der Waals surface area (Å²) in [7, 11) is 5.19. The summed E-state index contributed by atoms with van der Waals surface area (Å²) in [6.07, 6.45) is 1.55. The second kappa shape index (κ2) is 9.35. The number of amidine groups is 1. The van der Waals surface area contributed by atoms with E-state index in [1.807, 2.05) is 4.90 Å². The van der Waals surface area contributed by atoms with Crippen molar-refractivity contribution in [3.05, 3.63) is 35.0 Å². The number of likely N-dealkylation sites (N-methyl/N-ethyl adjacent to an activating group) is 1. The molecule has 1 aliphatic rings. The van der Waals surface area contributed by atoms with Crippen LogP contribution < -0.4 is 10.1 Å². The molecule has 1 amide bonds. The summed E-state index contributed by atoms with van der Waals surface area (Å²) in [6.45, 7) is 6.63. The normalized spacial score (nSPS) is 16.4. The molecule has 0 atom stereocenters. The van der Waals surface area contributed by atoms with Gasteiger partial charge in [-0.25, -0.2) is 4.99 Å². The van der Waals surface area contributed by atoms with Crippen molar-refractivity contribution in [1.82, 2.24) is 9.80 Å². The molecule has 1 heterocycles. The van der Waals surface area contributed by atoms with Crippen LogP contribution in [0, 0.1) is 0 Å². The molecule has 0 radical (unpaired) electrons. The number of piperazine rings is 1. The largest absolute Gasteiger partial charge is 0.495 e. The fraction of sp³-hybridized carbons (Fsp3) is 0.389. The van der Waals surface area contributed by atoms with Crippen LogP contribution in [-0.4, -0.2) is 75.6 Å². The van der Waals surface area contributed by atoms with E-state index in [0.29, 0.717) is 27.9 Å². The number of carbonyl (C=O) groups excluding carboxylic acids is 1. The second-order valence-electron chi connectivity index (χ2n) is 5.85. The molecule has 0 bridgehead atoms. The molecule has 1 aromatic rings. The van der Waals surface area contributed by atoms with Gasteiger partial charge in [0.05, 0.1) is 12.8 Å². The Labute approximate surface area is 159 Å². The molecule has 0 aliphatic carbocycles. The molecule has 1 saturated heterocycles. The van der Waals surface area contributed by atoms with Gasteiger partial charge in [-0.2, -0.15) is 0 Å². The number of hydrogen-bond acceptors (Lipinski definition) is 5. The number of aliphatic imine (C=N–C) groups is 2. The van der Waals surface area contributed by atoms with Crippen LogP contribution in [-0.2, 0) is 0 Å². The van der Waals surface area contributed by atoms with E-state index >= 15 is 0 Å². The summed E-state index contributed by atoms with van der Waals surface area (Å²) < 4.78 is 5.41. The Morgan fingerprint density at radius 3 is 2.62 bits per heavy atom. The van der Waals surface area contributed by atoms with E-state index in [1.54, 1.807) is 38.6 Å². The highest BCUT2D eigenvalue weighted by molar-refractivity contribution is 6.43. The van der Waals surface area contributed by atoms with Crippen molar-refractivity contribution in [3.8, 4) is 5.75 Å². The number of anilines is 1. The maximum absolute atomic E-state index is 12.7. The number of nitrogens with one attached hydrogen (secondary N) is 1. The summed E-state index contributed by atoms with van der Waals surface area (Å²) in [6, 6.07) is 5.28. The van der Waals surface area contributed by atoms with Crippen LogP contribution >= 0.6 is 11.6 Å². The zero-order valence-corrected chi connectivity index (χ0v) is 16.1. The third kappa shape index (κ3) is 4.83. The van der Waals surface area contributed by atoms with Crippen LogP contribution in [0.25, 0.3) is 0 Å². The summed E-state index contributed by atoms with van der Waals surface area (Å²) in [5, 5.41) is 3.37. The van der Waals surface area contributed by atoms with Gasteiger partial charge >= 0.3 is 0 Å². The van der Waals surface area contributed by atoms with Crippen molar-refractivity contribution in [2.75, 3.05) is 52.7 Å². The van der Waals surface area contributed by atoms with E-state index < -0.39 is 0 Å². The number of carbonyl (C=O) groups is 1. The Morgan fingerprint density at radius 2 is 2.04 bits per heavy atom. The lowest BCUT2D eigenvalue weighted by Crippen LogP contribution is -2.47. The van der Waals surface area contributed by atoms with Crippen LogP contribution in [0.4, 0.5) is 5.69 Å².